The highest BCUT2D eigenvalue weighted by Crippen LogP contribution is 2.24. The molecule has 0 aliphatic rings. The number of benzene rings is 1. The average Bonchev–Trinajstić information content (AvgIpc) is 2.28. The van der Waals surface area contributed by atoms with Gasteiger partial charge in [0.15, 0.2) is 0 Å². The lowest BCUT2D eigenvalue weighted by Crippen LogP contribution is -2.22. The summed E-state index contributed by atoms with van der Waals surface area (Å²) in [6.07, 6.45) is 1.41. The molecule has 0 aliphatic heterocycles. The van der Waals surface area contributed by atoms with Gasteiger partial charge >= 0.3 is 0 Å². The second-order valence-electron chi connectivity index (χ2n) is 5.69. The third kappa shape index (κ3) is 4.34. The lowest BCUT2D eigenvalue weighted by molar-refractivity contribution is 0.104. The van der Waals surface area contributed by atoms with E-state index in [1.54, 1.807) is 7.11 Å². The molecule has 0 amide bonds. The fraction of sp³-hybridized carbons (Fsp3) is 0.625. The number of ether oxygens (including phenoxy) is 1. The molecule has 0 saturated heterocycles. The van der Waals surface area contributed by atoms with E-state index in [0.717, 1.165) is 17.7 Å². The van der Waals surface area contributed by atoms with Crippen molar-refractivity contribution < 1.29 is 9.84 Å². The lowest BCUT2D eigenvalue weighted by Gasteiger charge is -2.21. The molecule has 2 nitrogen and oxygen atoms in total. The minimum atomic E-state index is -0.303. The number of hydrogen-bond acceptors (Lipinski definition) is 2. The summed E-state index contributed by atoms with van der Waals surface area (Å²) in [5.41, 5.74) is 2.30. The van der Waals surface area contributed by atoms with Crippen LogP contribution in [0.3, 0.4) is 0 Å². The molecule has 0 bridgehead atoms. The molecule has 1 aromatic rings. The maximum Gasteiger partial charge on any atom is 0.122 e. The van der Waals surface area contributed by atoms with E-state index in [1.165, 1.54) is 5.56 Å². The Bertz CT molecular complexity index is 371. The number of hydrogen-bond donors (Lipinski definition) is 1. The zero-order valence-electron chi connectivity index (χ0n) is 12.2. The molecule has 0 fully saturated rings. The maximum atomic E-state index is 10.3. The van der Waals surface area contributed by atoms with Gasteiger partial charge in [0, 0.05) is 6.42 Å². The maximum absolute atomic E-state index is 10.3. The van der Waals surface area contributed by atoms with E-state index in [2.05, 4.69) is 33.8 Å². The summed E-state index contributed by atoms with van der Waals surface area (Å²) in [6.45, 7) is 8.56. The second-order valence-corrected chi connectivity index (χ2v) is 5.69. The molecule has 102 valence electrons. The van der Waals surface area contributed by atoms with E-state index in [-0.39, 0.29) is 6.10 Å². The summed E-state index contributed by atoms with van der Waals surface area (Å²) in [5, 5.41) is 10.3. The molecule has 1 aromatic carbocycles. The quantitative estimate of drug-likeness (QED) is 0.836. The highest BCUT2D eigenvalue weighted by Gasteiger charge is 2.17. The molecule has 2 atom stereocenters. The normalized spacial score (nSPS) is 14.6. The smallest absolute Gasteiger partial charge is 0.122 e. The standard InChI is InChI=1S/C16H26O2/c1-11(2)8-13(4)15(17)10-14-9-12(3)6-7-16(14)18-5/h6-7,9,11,13,15,17H,8,10H2,1-5H3. The SMILES string of the molecule is COc1ccc(C)cc1CC(O)C(C)CC(C)C. The largest absolute Gasteiger partial charge is 0.496 e. The lowest BCUT2D eigenvalue weighted by atomic mass is 9.90. The fourth-order valence-electron chi connectivity index (χ4n) is 2.39. The Morgan fingerprint density at radius 1 is 1.22 bits per heavy atom. The molecular weight excluding hydrogens is 224 g/mol. The number of methoxy groups -OCH3 is 1. The topological polar surface area (TPSA) is 29.5 Å². The second kappa shape index (κ2) is 6.79. The minimum Gasteiger partial charge on any atom is -0.496 e. The van der Waals surface area contributed by atoms with Gasteiger partial charge in [-0.15, -0.1) is 0 Å². The van der Waals surface area contributed by atoms with Crippen LogP contribution in [0.25, 0.3) is 0 Å². The van der Waals surface area contributed by atoms with Crippen molar-refractivity contribution in [3.63, 3.8) is 0 Å². The number of aliphatic hydroxyl groups is 1. The molecule has 1 N–H and O–H groups in total. The average molecular weight is 250 g/mol. The van der Waals surface area contributed by atoms with Crippen molar-refractivity contribution >= 4 is 0 Å². The molecule has 0 spiro atoms. The van der Waals surface area contributed by atoms with E-state index < -0.39 is 0 Å². The van der Waals surface area contributed by atoms with Gasteiger partial charge in [-0.2, -0.15) is 0 Å². The van der Waals surface area contributed by atoms with E-state index in [1.807, 2.05) is 12.1 Å². The Balaban J connectivity index is 2.74. The van der Waals surface area contributed by atoms with Gasteiger partial charge in [-0.3, -0.25) is 0 Å². The Morgan fingerprint density at radius 3 is 2.44 bits per heavy atom. The van der Waals surface area contributed by atoms with Crippen molar-refractivity contribution in [3.8, 4) is 5.75 Å². The van der Waals surface area contributed by atoms with Crippen LogP contribution in [0.15, 0.2) is 18.2 Å². The van der Waals surface area contributed by atoms with Crippen molar-refractivity contribution in [3.05, 3.63) is 29.3 Å². The van der Waals surface area contributed by atoms with Gasteiger partial charge in [0.05, 0.1) is 13.2 Å². The van der Waals surface area contributed by atoms with Crippen LogP contribution in [0.4, 0.5) is 0 Å². The van der Waals surface area contributed by atoms with Crippen LogP contribution < -0.4 is 4.74 Å². The summed E-state index contributed by atoms with van der Waals surface area (Å²) >= 11 is 0. The first-order valence-electron chi connectivity index (χ1n) is 6.75. The van der Waals surface area contributed by atoms with Gasteiger partial charge < -0.3 is 9.84 Å². The number of aryl methyl sites for hydroxylation is 1. The van der Waals surface area contributed by atoms with Crippen LogP contribution in [0.5, 0.6) is 5.75 Å². The Kier molecular flexibility index (Phi) is 5.67. The zero-order valence-corrected chi connectivity index (χ0v) is 12.2. The molecule has 0 radical (unpaired) electrons. The van der Waals surface area contributed by atoms with Crippen LogP contribution in [-0.2, 0) is 6.42 Å². The number of aliphatic hydroxyl groups excluding tert-OH is 1. The first-order chi connectivity index (χ1) is 8.43. The molecule has 2 heteroatoms. The zero-order chi connectivity index (χ0) is 13.7. The third-order valence-corrected chi connectivity index (χ3v) is 3.36. The molecule has 2 unspecified atom stereocenters. The van der Waals surface area contributed by atoms with Crippen molar-refractivity contribution in [1.29, 1.82) is 0 Å². The molecule has 0 heterocycles. The van der Waals surface area contributed by atoms with Crippen molar-refractivity contribution in [2.24, 2.45) is 11.8 Å². The van der Waals surface area contributed by atoms with Crippen LogP contribution in [-0.4, -0.2) is 18.3 Å². The predicted octanol–water partition coefficient (Wildman–Crippen LogP) is 3.59. The highest BCUT2D eigenvalue weighted by atomic mass is 16.5. The van der Waals surface area contributed by atoms with E-state index in [4.69, 9.17) is 4.74 Å². The van der Waals surface area contributed by atoms with Crippen molar-refractivity contribution in [1.82, 2.24) is 0 Å². The summed E-state index contributed by atoms with van der Waals surface area (Å²) in [4.78, 5) is 0. The number of rotatable bonds is 6. The van der Waals surface area contributed by atoms with Crippen LogP contribution in [0.1, 0.15) is 38.3 Å². The van der Waals surface area contributed by atoms with Crippen molar-refractivity contribution in [2.45, 2.75) is 46.6 Å². The molecule has 0 aromatic heterocycles. The molecule has 1 rings (SSSR count). The van der Waals surface area contributed by atoms with Gasteiger partial charge in [-0.1, -0.05) is 38.5 Å². The van der Waals surface area contributed by atoms with Gasteiger partial charge in [0.25, 0.3) is 0 Å². The Labute approximate surface area is 111 Å². The minimum absolute atomic E-state index is 0.303. The van der Waals surface area contributed by atoms with E-state index >= 15 is 0 Å². The fourth-order valence-corrected chi connectivity index (χ4v) is 2.39. The van der Waals surface area contributed by atoms with E-state index in [0.29, 0.717) is 18.3 Å². The van der Waals surface area contributed by atoms with Gasteiger partial charge in [-0.25, -0.2) is 0 Å². The summed E-state index contributed by atoms with van der Waals surface area (Å²) in [7, 11) is 1.68. The first kappa shape index (κ1) is 15.0. The summed E-state index contributed by atoms with van der Waals surface area (Å²) in [6, 6.07) is 6.11. The Hall–Kier alpha value is -1.02. The van der Waals surface area contributed by atoms with Crippen LogP contribution >= 0.6 is 0 Å². The summed E-state index contributed by atoms with van der Waals surface area (Å²) in [5.74, 6) is 1.81. The third-order valence-electron chi connectivity index (χ3n) is 3.36. The summed E-state index contributed by atoms with van der Waals surface area (Å²) < 4.78 is 5.35. The van der Waals surface area contributed by atoms with Gasteiger partial charge in [-0.05, 0) is 36.8 Å². The van der Waals surface area contributed by atoms with E-state index in [9.17, 15) is 5.11 Å². The predicted molar refractivity (Wildman–Crippen MR) is 76.1 cm³/mol. The van der Waals surface area contributed by atoms with Gasteiger partial charge in [0.1, 0.15) is 5.75 Å². The first-order valence-corrected chi connectivity index (χ1v) is 6.75. The van der Waals surface area contributed by atoms with Gasteiger partial charge in [0.2, 0.25) is 0 Å². The van der Waals surface area contributed by atoms with Crippen LogP contribution in [0.2, 0.25) is 0 Å². The monoisotopic (exact) mass is 250 g/mol. The molecular formula is C16H26O2. The Morgan fingerprint density at radius 2 is 1.89 bits per heavy atom. The van der Waals surface area contributed by atoms with Crippen molar-refractivity contribution in [2.75, 3.05) is 7.11 Å². The van der Waals surface area contributed by atoms with Crippen LogP contribution in [0, 0.1) is 18.8 Å². The molecule has 18 heavy (non-hydrogen) atoms. The molecule has 0 aliphatic carbocycles. The highest BCUT2D eigenvalue weighted by molar-refractivity contribution is 5.37. The molecule has 0 saturated carbocycles.